The number of nitrogens with one attached hydrogen (secondary N) is 3. The van der Waals surface area contributed by atoms with Gasteiger partial charge in [0, 0.05) is 15.9 Å². The Bertz CT molecular complexity index is 931. The molecule has 3 N–H and O–H groups in total. The maximum Gasteiger partial charge on any atom is 0.240 e. The van der Waals surface area contributed by atoms with Gasteiger partial charge in [-0.3, -0.25) is 10.1 Å². The third-order valence-electron chi connectivity index (χ3n) is 4.17. The summed E-state index contributed by atoms with van der Waals surface area (Å²) in [7, 11) is 0. The van der Waals surface area contributed by atoms with E-state index in [1.165, 1.54) is 0 Å². The van der Waals surface area contributed by atoms with Crippen molar-refractivity contribution in [2.45, 2.75) is 22.9 Å². The molecule has 139 valence electrons. The molecule has 0 spiro atoms. The van der Waals surface area contributed by atoms with E-state index in [2.05, 4.69) is 36.5 Å². The zero-order chi connectivity index (χ0) is 18.6. The van der Waals surface area contributed by atoms with Gasteiger partial charge in [-0.2, -0.15) is 0 Å². The summed E-state index contributed by atoms with van der Waals surface area (Å²) in [5.74, 6) is -0.110. The highest BCUT2D eigenvalue weighted by Gasteiger charge is 2.28. The molecule has 0 bridgehead atoms. The van der Waals surface area contributed by atoms with E-state index >= 15 is 0 Å². The van der Waals surface area contributed by atoms with Gasteiger partial charge >= 0.3 is 0 Å². The molecule has 2 atom stereocenters. The number of H-pyrrole nitrogens is 1. The van der Waals surface area contributed by atoms with E-state index in [1.807, 2.05) is 42.5 Å². The highest BCUT2D eigenvalue weighted by Crippen LogP contribution is 2.26. The Labute approximate surface area is 169 Å². The first-order valence-electron chi connectivity index (χ1n) is 8.50. The van der Waals surface area contributed by atoms with Gasteiger partial charge in [-0.1, -0.05) is 22.0 Å². The van der Waals surface area contributed by atoms with Gasteiger partial charge in [0.1, 0.15) is 12.6 Å². The molecule has 2 aromatic carbocycles. The lowest BCUT2D eigenvalue weighted by atomic mass is 10.2. The minimum absolute atomic E-state index is 0.00766. The smallest absolute Gasteiger partial charge is 0.240 e. The van der Waals surface area contributed by atoms with Crippen LogP contribution in [0, 0.1) is 6.61 Å². The summed E-state index contributed by atoms with van der Waals surface area (Å²) in [6, 6.07) is 13.5. The van der Waals surface area contributed by atoms with E-state index in [-0.39, 0.29) is 11.3 Å². The predicted molar refractivity (Wildman–Crippen MR) is 109 cm³/mol. The van der Waals surface area contributed by atoms with Gasteiger partial charge in [-0.05, 0) is 42.0 Å². The molecule has 3 aromatic rings. The van der Waals surface area contributed by atoms with Gasteiger partial charge in [0.25, 0.3) is 0 Å². The van der Waals surface area contributed by atoms with Crippen molar-refractivity contribution in [2.75, 3.05) is 6.61 Å². The van der Waals surface area contributed by atoms with Crippen LogP contribution in [0.1, 0.15) is 5.56 Å². The molecule has 1 aliphatic heterocycles. The Morgan fingerprint density at radius 2 is 2.15 bits per heavy atom. The number of aromatic amines is 1. The maximum absolute atomic E-state index is 12.5. The number of hydrogen-bond acceptors (Lipinski definition) is 5. The molecule has 0 aliphatic carbocycles. The Morgan fingerprint density at radius 1 is 1.30 bits per heavy atom. The number of halogens is 1. The second-order valence-electron chi connectivity index (χ2n) is 6.15. The maximum atomic E-state index is 12.5. The number of imidazole rings is 1. The van der Waals surface area contributed by atoms with E-state index in [0.717, 1.165) is 26.0 Å². The standard InChI is InChI=1S/C19H18BrN4O2S/c20-13-2-4-14(5-3-13)27-18-10-26-9-17(24-18)19(25)21-8-12-1-6-15-16(7-12)23-11-22-15/h1-7,9,11,17-18,24H,8,10H2,(H,21,25)(H,22,23)/t17-,18?/m1/s1. The van der Waals surface area contributed by atoms with Crippen LogP contribution < -0.4 is 10.6 Å². The Kier molecular flexibility index (Phi) is 5.77. The van der Waals surface area contributed by atoms with Crippen LogP contribution >= 0.6 is 27.7 Å². The van der Waals surface area contributed by atoms with Crippen molar-refractivity contribution in [2.24, 2.45) is 0 Å². The van der Waals surface area contributed by atoms with Gasteiger partial charge in [0.15, 0.2) is 0 Å². The molecule has 6 nitrogen and oxygen atoms in total. The van der Waals surface area contributed by atoms with Crippen LogP contribution in [0.25, 0.3) is 11.0 Å². The normalized spacial score (nSPS) is 19.9. The lowest BCUT2D eigenvalue weighted by Crippen LogP contribution is -2.52. The number of thioether (sulfide) groups is 1. The second-order valence-corrected chi connectivity index (χ2v) is 8.34. The summed E-state index contributed by atoms with van der Waals surface area (Å²) in [5, 5.41) is 6.28. The number of benzene rings is 2. The zero-order valence-electron chi connectivity index (χ0n) is 14.3. The highest BCUT2D eigenvalue weighted by molar-refractivity contribution is 9.10. The van der Waals surface area contributed by atoms with Gasteiger partial charge < -0.3 is 15.0 Å². The number of carbonyl (C=O) groups is 1. The number of nitrogens with zero attached hydrogens (tertiary/aromatic N) is 1. The average Bonchev–Trinajstić information content (AvgIpc) is 3.16. The monoisotopic (exact) mass is 445 g/mol. The van der Waals surface area contributed by atoms with Crippen LogP contribution in [0.3, 0.4) is 0 Å². The number of fused-ring (bicyclic) bond motifs is 1. The molecule has 1 aliphatic rings. The molecule has 1 radical (unpaired) electrons. The van der Waals surface area contributed by atoms with Crippen molar-refractivity contribution >= 4 is 44.6 Å². The first-order chi connectivity index (χ1) is 13.2. The highest BCUT2D eigenvalue weighted by atomic mass is 79.9. The van der Waals surface area contributed by atoms with Crippen LogP contribution in [0.15, 0.2) is 58.2 Å². The van der Waals surface area contributed by atoms with Crippen LogP contribution in [0.4, 0.5) is 0 Å². The number of hydrogen-bond donors (Lipinski definition) is 3. The average molecular weight is 446 g/mol. The summed E-state index contributed by atoms with van der Waals surface area (Å²) in [5.41, 5.74) is 2.88. The number of amides is 1. The summed E-state index contributed by atoms with van der Waals surface area (Å²) in [6.07, 6.45) is 1.66. The number of morpholine rings is 1. The summed E-state index contributed by atoms with van der Waals surface area (Å²) >= 11 is 5.08. The molecular formula is C19H18BrN4O2S. The molecule has 1 amide bonds. The van der Waals surface area contributed by atoms with Crippen molar-refractivity contribution in [3.8, 4) is 0 Å². The van der Waals surface area contributed by atoms with Crippen molar-refractivity contribution in [1.29, 1.82) is 0 Å². The Morgan fingerprint density at radius 3 is 3.00 bits per heavy atom. The number of aromatic nitrogens is 2. The molecule has 1 saturated heterocycles. The van der Waals surface area contributed by atoms with E-state index in [0.29, 0.717) is 13.2 Å². The summed E-state index contributed by atoms with van der Waals surface area (Å²) in [6.45, 7) is 2.53. The summed E-state index contributed by atoms with van der Waals surface area (Å²) in [4.78, 5) is 20.9. The molecule has 1 unspecified atom stereocenters. The number of ether oxygens (including phenoxy) is 1. The van der Waals surface area contributed by atoms with Crippen molar-refractivity contribution in [3.63, 3.8) is 0 Å². The molecule has 2 heterocycles. The predicted octanol–water partition coefficient (Wildman–Crippen LogP) is 3.21. The number of carbonyl (C=O) groups excluding carboxylic acids is 1. The fraction of sp³-hybridized carbons (Fsp3) is 0.211. The third-order valence-corrected chi connectivity index (χ3v) is 5.80. The third kappa shape index (κ3) is 4.70. The Hall–Kier alpha value is -1.87. The van der Waals surface area contributed by atoms with Gasteiger partial charge in [0.2, 0.25) is 5.91 Å². The quantitative estimate of drug-likeness (QED) is 0.561. The fourth-order valence-electron chi connectivity index (χ4n) is 2.80. The Balaban J connectivity index is 1.31. The second kappa shape index (κ2) is 8.43. The minimum atomic E-state index is -0.484. The first-order valence-corrected chi connectivity index (χ1v) is 10.2. The largest absolute Gasteiger partial charge is 0.371 e. The zero-order valence-corrected chi connectivity index (χ0v) is 16.7. The van der Waals surface area contributed by atoms with E-state index in [4.69, 9.17) is 4.74 Å². The molecule has 1 aromatic heterocycles. The first kappa shape index (κ1) is 18.5. The minimum Gasteiger partial charge on any atom is -0.371 e. The molecule has 27 heavy (non-hydrogen) atoms. The van der Waals surface area contributed by atoms with Gasteiger partial charge in [-0.15, -0.1) is 11.8 Å². The molecule has 0 saturated carbocycles. The summed E-state index contributed by atoms with van der Waals surface area (Å²) < 4.78 is 6.56. The van der Waals surface area contributed by atoms with E-state index in [9.17, 15) is 4.79 Å². The van der Waals surface area contributed by atoms with Crippen molar-refractivity contribution < 1.29 is 9.53 Å². The topological polar surface area (TPSA) is 79.0 Å². The molecule has 8 heteroatoms. The lowest BCUT2D eigenvalue weighted by Gasteiger charge is -2.29. The van der Waals surface area contributed by atoms with Crippen molar-refractivity contribution in [3.05, 3.63) is 65.4 Å². The van der Waals surface area contributed by atoms with Gasteiger partial charge in [-0.25, -0.2) is 4.98 Å². The number of rotatable bonds is 5. The fourth-order valence-corrected chi connectivity index (χ4v) is 4.05. The molecule has 4 rings (SSSR count). The van der Waals surface area contributed by atoms with Crippen LogP contribution in [-0.2, 0) is 16.1 Å². The molecule has 1 fully saturated rings. The van der Waals surface area contributed by atoms with Crippen LogP contribution in [0.5, 0.6) is 0 Å². The molecular weight excluding hydrogens is 428 g/mol. The van der Waals surface area contributed by atoms with Gasteiger partial charge in [0.05, 0.1) is 29.3 Å². The van der Waals surface area contributed by atoms with E-state index in [1.54, 1.807) is 24.7 Å². The van der Waals surface area contributed by atoms with Crippen LogP contribution in [0.2, 0.25) is 0 Å². The SMILES string of the molecule is O=C(NCc1ccc2nc[nH]c2c1)[C@H]1[CH]OCC(Sc2ccc(Br)cc2)N1. The van der Waals surface area contributed by atoms with Crippen LogP contribution in [-0.4, -0.2) is 33.9 Å². The van der Waals surface area contributed by atoms with Crippen molar-refractivity contribution in [1.82, 2.24) is 20.6 Å². The van der Waals surface area contributed by atoms with E-state index < -0.39 is 6.04 Å². The lowest BCUT2D eigenvalue weighted by molar-refractivity contribution is -0.124.